The van der Waals surface area contributed by atoms with Crippen molar-refractivity contribution in [2.45, 2.75) is 19.3 Å². The van der Waals surface area contributed by atoms with E-state index in [0.29, 0.717) is 17.5 Å². The summed E-state index contributed by atoms with van der Waals surface area (Å²) < 4.78 is 0. The first kappa shape index (κ1) is 34.7. The van der Waals surface area contributed by atoms with Gasteiger partial charge in [0.2, 0.25) is 0 Å². The molecule has 10 aromatic rings. The van der Waals surface area contributed by atoms with Gasteiger partial charge in [-0.1, -0.05) is 190 Å². The molecule has 0 saturated heterocycles. The zero-order valence-electron chi connectivity index (χ0n) is 32.9. The molecule has 0 spiro atoms. The lowest BCUT2D eigenvalue weighted by Gasteiger charge is -2.22. The van der Waals surface area contributed by atoms with E-state index >= 15 is 0 Å². The van der Waals surface area contributed by atoms with Gasteiger partial charge in [-0.05, 0) is 101 Å². The highest BCUT2D eigenvalue weighted by Gasteiger charge is 2.36. The van der Waals surface area contributed by atoms with Crippen molar-refractivity contribution in [2.24, 2.45) is 0 Å². The molecule has 1 aliphatic rings. The summed E-state index contributed by atoms with van der Waals surface area (Å²) in [6.07, 6.45) is 0. The minimum atomic E-state index is -0.224. The first-order valence-corrected chi connectivity index (χ1v) is 20.3. The van der Waals surface area contributed by atoms with E-state index in [0.717, 1.165) is 27.8 Å². The zero-order valence-corrected chi connectivity index (χ0v) is 32.9. The van der Waals surface area contributed by atoms with E-state index in [4.69, 9.17) is 15.0 Å². The Morgan fingerprint density at radius 3 is 1.15 bits per heavy atom. The first-order chi connectivity index (χ1) is 28.9. The molecule has 9 aromatic carbocycles. The van der Waals surface area contributed by atoms with Crippen LogP contribution >= 0.6 is 0 Å². The number of hydrogen-bond acceptors (Lipinski definition) is 3. The van der Waals surface area contributed by atoms with Crippen molar-refractivity contribution in [3.05, 3.63) is 211 Å². The normalized spacial score (nSPS) is 12.7. The van der Waals surface area contributed by atoms with Gasteiger partial charge in [0.25, 0.3) is 0 Å². The van der Waals surface area contributed by atoms with E-state index in [1.165, 1.54) is 66.1 Å². The molecule has 0 amide bonds. The molecule has 1 aromatic heterocycles. The van der Waals surface area contributed by atoms with Crippen molar-refractivity contribution >= 4 is 21.5 Å². The second kappa shape index (κ2) is 13.9. The quantitative estimate of drug-likeness (QED) is 0.170. The molecule has 3 heteroatoms. The van der Waals surface area contributed by atoms with Gasteiger partial charge in [0.05, 0.1) is 0 Å². The van der Waals surface area contributed by atoms with E-state index in [1.54, 1.807) is 0 Å². The van der Waals surface area contributed by atoms with Crippen molar-refractivity contribution in [1.29, 1.82) is 0 Å². The molecule has 0 N–H and O–H groups in total. The summed E-state index contributed by atoms with van der Waals surface area (Å²) >= 11 is 0. The minimum absolute atomic E-state index is 0.224. The summed E-state index contributed by atoms with van der Waals surface area (Å²) in [6, 6.07) is 71.6. The predicted molar refractivity (Wildman–Crippen MR) is 245 cm³/mol. The molecule has 0 saturated carbocycles. The van der Waals surface area contributed by atoms with Gasteiger partial charge in [-0.25, -0.2) is 15.0 Å². The predicted octanol–water partition coefficient (Wildman–Crippen LogP) is 14.5. The molecule has 0 atom stereocenters. The molecule has 0 fully saturated rings. The molecule has 59 heavy (non-hydrogen) atoms. The van der Waals surface area contributed by atoms with Crippen LogP contribution in [-0.4, -0.2) is 15.0 Å². The van der Waals surface area contributed by atoms with Crippen LogP contribution in [0.15, 0.2) is 200 Å². The molecule has 11 rings (SSSR count). The van der Waals surface area contributed by atoms with E-state index in [1.807, 2.05) is 6.07 Å². The number of hydrogen-bond donors (Lipinski definition) is 0. The Hall–Kier alpha value is -7.49. The van der Waals surface area contributed by atoms with Crippen LogP contribution in [0, 0.1) is 0 Å². The lowest BCUT2D eigenvalue weighted by molar-refractivity contribution is 0.661. The van der Waals surface area contributed by atoms with Crippen LogP contribution in [0.3, 0.4) is 0 Å². The lowest BCUT2D eigenvalue weighted by atomic mass is 9.81. The molecule has 278 valence electrons. The van der Waals surface area contributed by atoms with Crippen molar-refractivity contribution in [2.75, 3.05) is 0 Å². The Bertz CT molecular complexity index is 3220. The van der Waals surface area contributed by atoms with E-state index in [2.05, 4.69) is 208 Å². The molecular formula is C56H39N3. The highest BCUT2D eigenvalue weighted by atomic mass is 15.0. The van der Waals surface area contributed by atoms with E-state index in [9.17, 15) is 0 Å². The average molecular weight is 754 g/mol. The van der Waals surface area contributed by atoms with Gasteiger partial charge >= 0.3 is 0 Å². The molecule has 0 unspecified atom stereocenters. The fourth-order valence-corrected chi connectivity index (χ4v) is 8.81. The SMILES string of the molecule is CC1(C)c2cc(-c3ccc4ccccc4c3)ccc2-c2ccc(-c3nc(-c4ccc(-c5ccccc5)cc4)nc(-c4ccc(-c5ccc6ccccc6c5)cc4)n3)cc21. The fourth-order valence-electron chi connectivity index (χ4n) is 8.81. The van der Waals surface area contributed by atoms with Crippen LogP contribution in [0.25, 0.3) is 100 Å². The summed E-state index contributed by atoms with van der Waals surface area (Å²) in [5.74, 6) is 1.94. The third-order valence-corrected chi connectivity index (χ3v) is 12.1. The second-order valence-electron chi connectivity index (χ2n) is 16.1. The summed E-state index contributed by atoms with van der Waals surface area (Å²) in [6.45, 7) is 4.67. The first-order valence-electron chi connectivity index (χ1n) is 20.3. The molecule has 0 aliphatic heterocycles. The number of fused-ring (bicyclic) bond motifs is 5. The largest absolute Gasteiger partial charge is 0.208 e. The number of aromatic nitrogens is 3. The van der Waals surface area contributed by atoms with Gasteiger partial charge in [0.1, 0.15) is 0 Å². The molecule has 1 heterocycles. The monoisotopic (exact) mass is 753 g/mol. The lowest BCUT2D eigenvalue weighted by Crippen LogP contribution is -2.15. The van der Waals surface area contributed by atoms with Crippen molar-refractivity contribution in [1.82, 2.24) is 15.0 Å². The van der Waals surface area contributed by atoms with Crippen molar-refractivity contribution < 1.29 is 0 Å². The molecule has 1 aliphatic carbocycles. The number of rotatable bonds is 6. The smallest absolute Gasteiger partial charge is 0.164 e. The minimum Gasteiger partial charge on any atom is -0.208 e. The van der Waals surface area contributed by atoms with E-state index < -0.39 is 0 Å². The van der Waals surface area contributed by atoms with Crippen LogP contribution in [0.2, 0.25) is 0 Å². The van der Waals surface area contributed by atoms with Gasteiger partial charge < -0.3 is 0 Å². The van der Waals surface area contributed by atoms with Crippen molar-refractivity contribution in [3.8, 4) is 78.7 Å². The van der Waals surface area contributed by atoms with Crippen molar-refractivity contribution in [3.63, 3.8) is 0 Å². The maximum absolute atomic E-state index is 5.19. The summed E-state index contributed by atoms with van der Waals surface area (Å²) in [4.78, 5) is 15.5. The summed E-state index contributed by atoms with van der Waals surface area (Å²) in [5.41, 5.74) is 14.9. The highest BCUT2D eigenvalue weighted by Crippen LogP contribution is 2.50. The Kier molecular flexibility index (Phi) is 8.16. The van der Waals surface area contributed by atoms with Gasteiger partial charge in [0.15, 0.2) is 17.5 Å². The fraction of sp³-hybridized carbons (Fsp3) is 0.0536. The van der Waals surface area contributed by atoms with Gasteiger partial charge in [-0.3, -0.25) is 0 Å². The van der Waals surface area contributed by atoms with Crippen LogP contribution in [0.1, 0.15) is 25.0 Å². The topological polar surface area (TPSA) is 38.7 Å². The Morgan fingerprint density at radius 2 is 0.610 bits per heavy atom. The van der Waals surface area contributed by atoms with Gasteiger partial charge in [-0.2, -0.15) is 0 Å². The standard InChI is InChI=1S/C56H39N3/c1-56(2)51-34-47(46-27-21-38-13-7-9-15-44(38)33-46)28-30-49(51)50-31-29-48(35-52(50)56)55-58-53(41-22-16-39(17-23-41)36-10-4-3-5-11-36)57-54(59-55)42-24-18-40(19-25-42)45-26-20-37-12-6-8-14-43(37)32-45/h3-35H,1-2H3. The number of benzene rings is 9. The maximum atomic E-state index is 5.19. The third-order valence-electron chi connectivity index (χ3n) is 12.1. The average Bonchev–Trinajstić information content (AvgIpc) is 3.53. The number of nitrogens with zero attached hydrogens (tertiary/aromatic N) is 3. The summed E-state index contributed by atoms with van der Waals surface area (Å²) in [7, 11) is 0. The molecule has 3 nitrogen and oxygen atoms in total. The summed E-state index contributed by atoms with van der Waals surface area (Å²) in [5, 5.41) is 4.97. The molecule has 0 radical (unpaired) electrons. The maximum Gasteiger partial charge on any atom is 0.164 e. The Balaban J connectivity index is 0.983. The Morgan fingerprint density at radius 1 is 0.271 bits per heavy atom. The zero-order chi connectivity index (χ0) is 39.5. The second-order valence-corrected chi connectivity index (χ2v) is 16.1. The Labute approximate surface area is 344 Å². The van der Waals surface area contributed by atoms with Crippen LogP contribution in [-0.2, 0) is 5.41 Å². The third kappa shape index (κ3) is 6.20. The van der Waals surface area contributed by atoms with Crippen LogP contribution in [0.5, 0.6) is 0 Å². The molecular weight excluding hydrogens is 715 g/mol. The van der Waals surface area contributed by atoms with Gasteiger partial charge in [-0.15, -0.1) is 0 Å². The molecule has 0 bridgehead atoms. The highest BCUT2D eigenvalue weighted by molar-refractivity contribution is 5.90. The van der Waals surface area contributed by atoms with Gasteiger partial charge in [0, 0.05) is 22.1 Å². The van der Waals surface area contributed by atoms with Crippen LogP contribution < -0.4 is 0 Å². The van der Waals surface area contributed by atoms with E-state index in [-0.39, 0.29) is 5.41 Å². The van der Waals surface area contributed by atoms with Crippen LogP contribution in [0.4, 0.5) is 0 Å².